The third-order valence-electron chi connectivity index (χ3n) is 7.28. The number of benzene rings is 2. The molecule has 1 aromatic heterocycles. The van der Waals surface area contributed by atoms with Gasteiger partial charge in [0, 0.05) is 49.7 Å². The van der Waals surface area contributed by atoms with Gasteiger partial charge in [-0.3, -0.25) is 19.8 Å². The first-order valence-electron chi connectivity index (χ1n) is 13.4. The maximum Gasteiger partial charge on any atom is 0.341 e. The van der Waals surface area contributed by atoms with Gasteiger partial charge in [0.2, 0.25) is 0 Å². The van der Waals surface area contributed by atoms with Crippen LogP contribution in [0.3, 0.4) is 0 Å². The van der Waals surface area contributed by atoms with Gasteiger partial charge in [0.1, 0.15) is 5.00 Å². The number of carbonyl (C=O) groups excluding carboxylic acids is 2. The van der Waals surface area contributed by atoms with Crippen molar-refractivity contribution in [1.82, 2.24) is 4.90 Å². The maximum atomic E-state index is 13.7. The number of carbonyl (C=O) groups is 2. The molecule has 39 heavy (non-hydrogen) atoms. The summed E-state index contributed by atoms with van der Waals surface area (Å²) in [5.74, 6) is -0.912. The first kappa shape index (κ1) is 26.8. The molecule has 3 aromatic rings. The van der Waals surface area contributed by atoms with E-state index in [1.807, 2.05) is 18.2 Å². The summed E-state index contributed by atoms with van der Waals surface area (Å²) in [6.45, 7) is 5.82. The van der Waals surface area contributed by atoms with Gasteiger partial charge in [-0.2, -0.15) is 0 Å². The zero-order chi connectivity index (χ0) is 27.4. The molecule has 0 spiro atoms. The molecule has 1 saturated heterocycles. The van der Waals surface area contributed by atoms with Crippen molar-refractivity contribution in [3.8, 4) is 0 Å². The number of non-ortho nitro benzene ring substituents is 1. The molecule has 0 atom stereocenters. The first-order chi connectivity index (χ1) is 18.9. The predicted molar refractivity (Wildman–Crippen MR) is 152 cm³/mol. The summed E-state index contributed by atoms with van der Waals surface area (Å²) in [6.07, 6.45) is 3.64. The lowest BCUT2D eigenvalue weighted by Crippen LogP contribution is -2.46. The monoisotopic (exact) mass is 548 g/mol. The van der Waals surface area contributed by atoms with Crippen molar-refractivity contribution in [3.05, 3.63) is 85.8 Å². The number of nitro groups is 1. The molecule has 1 aliphatic carbocycles. The van der Waals surface area contributed by atoms with Gasteiger partial charge in [0.15, 0.2) is 0 Å². The van der Waals surface area contributed by atoms with Crippen LogP contribution >= 0.6 is 11.3 Å². The molecule has 2 aliphatic rings. The van der Waals surface area contributed by atoms with Crippen molar-refractivity contribution in [1.29, 1.82) is 0 Å². The Morgan fingerprint density at radius 3 is 2.51 bits per heavy atom. The summed E-state index contributed by atoms with van der Waals surface area (Å²) in [6, 6.07) is 14.7. The second-order valence-electron chi connectivity index (χ2n) is 9.80. The molecule has 0 radical (unpaired) electrons. The first-order valence-corrected chi connectivity index (χ1v) is 14.2. The Kier molecular flexibility index (Phi) is 8.23. The highest BCUT2D eigenvalue weighted by atomic mass is 32.1. The van der Waals surface area contributed by atoms with Gasteiger partial charge in [0.25, 0.3) is 11.6 Å². The van der Waals surface area contributed by atoms with Crippen LogP contribution in [0.2, 0.25) is 0 Å². The molecule has 2 heterocycles. The van der Waals surface area contributed by atoms with E-state index in [1.54, 1.807) is 13.0 Å². The van der Waals surface area contributed by atoms with Crippen molar-refractivity contribution in [2.24, 2.45) is 0 Å². The van der Waals surface area contributed by atoms with E-state index in [0.717, 1.165) is 55.8 Å². The SMILES string of the molecule is CCOC(=O)c1c(NC(=O)c2cc([N+](=O)[O-])ccc2N2CCN(Cc3ccccc3)CC2)sc2c1CCCC2. The second kappa shape index (κ2) is 12.0. The van der Waals surface area contributed by atoms with Crippen LogP contribution in [-0.2, 0) is 24.1 Å². The number of rotatable bonds is 8. The lowest BCUT2D eigenvalue weighted by Gasteiger charge is -2.36. The fourth-order valence-electron chi connectivity index (χ4n) is 5.33. The summed E-state index contributed by atoms with van der Waals surface area (Å²) < 4.78 is 5.32. The van der Waals surface area contributed by atoms with Crippen LogP contribution in [0.1, 0.15) is 56.5 Å². The third-order valence-corrected chi connectivity index (χ3v) is 8.48. The maximum absolute atomic E-state index is 13.7. The van der Waals surface area contributed by atoms with Crippen molar-refractivity contribution in [2.75, 3.05) is 43.0 Å². The van der Waals surface area contributed by atoms with Crippen LogP contribution in [0.4, 0.5) is 16.4 Å². The quantitative estimate of drug-likeness (QED) is 0.232. The smallest absolute Gasteiger partial charge is 0.341 e. The van der Waals surface area contributed by atoms with E-state index in [9.17, 15) is 19.7 Å². The molecule has 9 nitrogen and oxygen atoms in total. The minimum absolute atomic E-state index is 0.150. The number of hydrogen-bond donors (Lipinski definition) is 1. The second-order valence-corrected chi connectivity index (χ2v) is 10.9. The van der Waals surface area contributed by atoms with Crippen molar-refractivity contribution in [3.63, 3.8) is 0 Å². The zero-order valence-electron chi connectivity index (χ0n) is 22.0. The molecule has 204 valence electrons. The fraction of sp³-hybridized carbons (Fsp3) is 0.379. The number of amides is 1. The minimum Gasteiger partial charge on any atom is -0.462 e. The van der Waals surface area contributed by atoms with E-state index in [-0.39, 0.29) is 17.9 Å². The number of piperazine rings is 1. The molecule has 1 N–H and O–H groups in total. The topological polar surface area (TPSA) is 105 Å². The van der Waals surface area contributed by atoms with Gasteiger partial charge >= 0.3 is 5.97 Å². The lowest BCUT2D eigenvalue weighted by molar-refractivity contribution is -0.384. The van der Waals surface area contributed by atoms with Gasteiger partial charge in [-0.05, 0) is 49.8 Å². The number of thiophene rings is 1. The standard InChI is InChI=1S/C29H32N4O5S/c1-2-38-29(35)26-22-10-6-7-11-25(22)39-28(26)30-27(34)23-18-21(33(36)37)12-13-24(23)32-16-14-31(15-17-32)19-20-8-4-3-5-9-20/h3-5,8-9,12-13,18H,2,6-7,10-11,14-17,19H2,1H3,(H,30,34). The largest absolute Gasteiger partial charge is 0.462 e. The van der Waals surface area contributed by atoms with Crippen LogP contribution in [-0.4, -0.2) is 54.5 Å². The van der Waals surface area contributed by atoms with Crippen LogP contribution in [0.5, 0.6) is 0 Å². The van der Waals surface area contributed by atoms with E-state index in [2.05, 4.69) is 27.2 Å². The highest BCUT2D eigenvalue weighted by molar-refractivity contribution is 7.17. The number of nitrogens with one attached hydrogen (secondary N) is 1. The van der Waals surface area contributed by atoms with Crippen LogP contribution in [0.25, 0.3) is 0 Å². The molecular formula is C29H32N4O5S. The summed E-state index contributed by atoms with van der Waals surface area (Å²) in [7, 11) is 0. The van der Waals surface area contributed by atoms with Crippen molar-refractivity contribution >= 4 is 39.6 Å². The number of esters is 1. The third kappa shape index (κ3) is 5.97. The number of aryl methyl sites for hydroxylation is 1. The van der Waals surface area contributed by atoms with Gasteiger partial charge < -0.3 is 15.0 Å². The number of nitro benzene ring substituents is 1. The molecular weight excluding hydrogens is 516 g/mol. The number of fused-ring (bicyclic) bond motifs is 1. The molecule has 1 aliphatic heterocycles. The lowest BCUT2D eigenvalue weighted by atomic mass is 9.95. The number of ether oxygens (including phenoxy) is 1. The van der Waals surface area contributed by atoms with Gasteiger partial charge in [-0.1, -0.05) is 30.3 Å². The van der Waals surface area contributed by atoms with Gasteiger partial charge in [-0.15, -0.1) is 11.3 Å². The molecule has 1 fully saturated rings. The summed E-state index contributed by atoms with van der Waals surface area (Å²) in [5.41, 5.74) is 3.35. The highest BCUT2D eigenvalue weighted by Gasteiger charge is 2.29. The molecule has 0 unspecified atom stereocenters. The molecule has 0 bridgehead atoms. The molecule has 2 aromatic carbocycles. The van der Waals surface area contributed by atoms with Gasteiger partial charge in [-0.25, -0.2) is 4.79 Å². The van der Waals surface area contributed by atoms with Crippen molar-refractivity contribution < 1.29 is 19.2 Å². The summed E-state index contributed by atoms with van der Waals surface area (Å²) in [5, 5.41) is 15.0. The Hall–Kier alpha value is -3.76. The predicted octanol–water partition coefficient (Wildman–Crippen LogP) is 5.29. The van der Waals surface area contributed by atoms with Crippen molar-refractivity contribution in [2.45, 2.75) is 39.2 Å². The Labute approximate surface area is 231 Å². The Morgan fingerprint density at radius 1 is 1.05 bits per heavy atom. The number of nitrogens with zero attached hydrogens (tertiary/aromatic N) is 3. The Bertz CT molecular complexity index is 1370. The number of hydrogen-bond acceptors (Lipinski definition) is 8. The van der Waals surface area contributed by atoms with Crippen LogP contribution in [0, 0.1) is 10.1 Å². The van der Waals surface area contributed by atoms with Crippen LogP contribution < -0.4 is 10.2 Å². The van der Waals surface area contributed by atoms with E-state index in [1.165, 1.54) is 29.0 Å². The average molecular weight is 549 g/mol. The van der Waals surface area contributed by atoms with E-state index < -0.39 is 16.8 Å². The summed E-state index contributed by atoms with van der Waals surface area (Å²) in [4.78, 5) is 43.2. The Morgan fingerprint density at radius 2 is 1.79 bits per heavy atom. The average Bonchev–Trinajstić information content (AvgIpc) is 3.31. The van der Waals surface area contributed by atoms with E-state index in [0.29, 0.717) is 29.3 Å². The zero-order valence-corrected chi connectivity index (χ0v) is 22.8. The fourth-order valence-corrected chi connectivity index (χ4v) is 6.60. The van der Waals surface area contributed by atoms with E-state index >= 15 is 0 Å². The normalized spacial score (nSPS) is 15.5. The minimum atomic E-state index is -0.494. The molecule has 0 saturated carbocycles. The van der Waals surface area contributed by atoms with Gasteiger partial charge in [0.05, 0.1) is 28.3 Å². The molecule has 1 amide bonds. The summed E-state index contributed by atoms with van der Waals surface area (Å²) >= 11 is 1.41. The Balaban J connectivity index is 1.39. The highest BCUT2D eigenvalue weighted by Crippen LogP contribution is 2.39. The molecule has 10 heteroatoms. The van der Waals surface area contributed by atoms with Crippen LogP contribution in [0.15, 0.2) is 48.5 Å². The molecule has 5 rings (SSSR count). The number of anilines is 2. The van der Waals surface area contributed by atoms with E-state index in [4.69, 9.17) is 4.74 Å².